The van der Waals surface area contributed by atoms with Crippen LogP contribution in [0.4, 0.5) is 0 Å². The van der Waals surface area contributed by atoms with E-state index in [1.54, 1.807) is 6.20 Å². The fourth-order valence-electron chi connectivity index (χ4n) is 4.96. The molecule has 3 heterocycles. The largest absolute Gasteiger partial charge is 0.489 e. The lowest BCUT2D eigenvalue weighted by molar-refractivity contribution is 0.0611. The molecule has 6 rings (SSSR count). The monoisotopic (exact) mass is 439 g/mol. The van der Waals surface area contributed by atoms with Gasteiger partial charge in [-0.15, -0.1) is 0 Å². The molecule has 2 aliphatic carbocycles. The Morgan fingerprint density at radius 3 is 2.85 bits per heavy atom. The number of aromatic nitrogens is 3. The number of allylic oxidation sites excluding steroid dienone is 3. The highest BCUT2D eigenvalue weighted by atomic mass is 16.5. The first kappa shape index (κ1) is 19.9. The van der Waals surface area contributed by atoms with Crippen LogP contribution in [-0.2, 0) is 11.3 Å². The van der Waals surface area contributed by atoms with E-state index in [0.29, 0.717) is 17.5 Å². The van der Waals surface area contributed by atoms with Crippen molar-refractivity contribution in [3.63, 3.8) is 0 Å². The van der Waals surface area contributed by atoms with Gasteiger partial charge >= 0.3 is 0 Å². The molecule has 0 saturated heterocycles. The molecule has 3 aromatic rings. The van der Waals surface area contributed by atoms with Gasteiger partial charge in [0, 0.05) is 55.5 Å². The standard InChI is InChI=1S/C27H25N3O3/c1-2-9-25-23(8-1)24-16-22(14-19(27(24)33-25)17-30-13-12-28-18-30)31-20-6-5-7-21(15-20)32-26-10-3-4-11-29-26/h2-7,9-15,18-19,24,27H,1,8,16-17H2. The van der Waals surface area contributed by atoms with Crippen LogP contribution in [0.2, 0.25) is 0 Å². The van der Waals surface area contributed by atoms with Crippen LogP contribution in [0.25, 0.3) is 0 Å². The van der Waals surface area contributed by atoms with Crippen molar-refractivity contribution in [2.45, 2.75) is 31.9 Å². The first-order valence-corrected chi connectivity index (χ1v) is 11.4. The molecule has 33 heavy (non-hydrogen) atoms. The lowest BCUT2D eigenvalue weighted by atomic mass is 9.77. The molecule has 6 nitrogen and oxygen atoms in total. The molecule has 0 N–H and O–H groups in total. The van der Waals surface area contributed by atoms with Crippen LogP contribution in [0.15, 0.2) is 103 Å². The molecule has 1 aliphatic heterocycles. The smallest absolute Gasteiger partial charge is 0.219 e. The first-order chi connectivity index (χ1) is 16.3. The van der Waals surface area contributed by atoms with Crippen LogP contribution >= 0.6 is 0 Å². The second-order valence-electron chi connectivity index (χ2n) is 8.63. The molecule has 2 aromatic heterocycles. The zero-order chi connectivity index (χ0) is 22.0. The van der Waals surface area contributed by atoms with Crippen LogP contribution in [0.1, 0.15) is 19.3 Å². The molecule has 3 aliphatic rings. The zero-order valence-electron chi connectivity index (χ0n) is 18.2. The number of nitrogens with zero attached hydrogens (tertiary/aromatic N) is 3. The number of pyridine rings is 1. The molecule has 0 bridgehead atoms. The molecule has 0 amide bonds. The number of benzene rings is 1. The molecular weight excluding hydrogens is 414 g/mol. The molecule has 0 radical (unpaired) electrons. The maximum atomic E-state index is 6.45. The minimum Gasteiger partial charge on any atom is -0.489 e. The highest BCUT2D eigenvalue weighted by Crippen LogP contribution is 2.47. The molecular formula is C27H25N3O3. The predicted molar refractivity (Wildman–Crippen MR) is 124 cm³/mol. The predicted octanol–water partition coefficient (Wildman–Crippen LogP) is 5.67. The van der Waals surface area contributed by atoms with E-state index in [1.807, 2.05) is 61.2 Å². The molecule has 6 heteroatoms. The summed E-state index contributed by atoms with van der Waals surface area (Å²) in [6, 6.07) is 13.3. The second kappa shape index (κ2) is 8.62. The first-order valence-electron chi connectivity index (χ1n) is 11.4. The summed E-state index contributed by atoms with van der Waals surface area (Å²) in [5, 5.41) is 0. The third kappa shape index (κ3) is 4.16. The van der Waals surface area contributed by atoms with Crippen LogP contribution in [0.5, 0.6) is 17.4 Å². The number of ether oxygens (including phenoxy) is 3. The summed E-state index contributed by atoms with van der Waals surface area (Å²) in [7, 11) is 0. The summed E-state index contributed by atoms with van der Waals surface area (Å²) >= 11 is 0. The molecule has 1 aromatic carbocycles. The van der Waals surface area contributed by atoms with Crippen LogP contribution in [0, 0.1) is 11.8 Å². The van der Waals surface area contributed by atoms with E-state index >= 15 is 0 Å². The van der Waals surface area contributed by atoms with Gasteiger partial charge in [0.2, 0.25) is 5.88 Å². The Balaban J connectivity index is 1.25. The van der Waals surface area contributed by atoms with Gasteiger partial charge in [0.1, 0.15) is 29.1 Å². The van der Waals surface area contributed by atoms with Crippen molar-refractivity contribution in [3.05, 3.63) is 103 Å². The number of fused-ring (bicyclic) bond motifs is 2. The molecule has 0 spiro atoms. The fourth-order valence-corrected chi connectivity index (χ4v) is 4.96. The maximum Gasteiger partial charge on any atom is 0.219 e. The van der Waals surface area contributed by atoms with E-state index in [-0.39, 0.29) is 12.0 Å². The van der Waals surface area contributed by atoms with Gasteiger partial charge in [0.25, 0.3) is 0 Å². The minimum atomic E-state index is 0.131. The molecule has 0 fully saturated rings. The third-order valence-corrected chi connectivity index (χ3v) is 6.41. The summed E-state index contributed by atoms with van der Waals surface area (Å²) in [4.78, 5) is 8.44. The average molecular weight is 440 g/mol. The van der Waals surface area contributed by atoms with E-state index < -0.39 is 0 Å². The van der Waals surface area contributed by atoms with Gasteiger partial charge in [-0.05, 0) is 48.8 Å². The number of hydrogen-bond donors (Lipinski definition) is 0. The van der Waals surface area contributed by atoms with E-state index in [9.17, 15) is 0 Å². The van der Waals surface area contributed by atoms with E-state index in [4.69, 9.17) is 14.2 Å². The summed E-state index contributed by atoms with van der Waals surface area (Å²) in [5.74, 6) is 4.58. The van der Waals surface area contributed by atoms with E-state index in [2.05, 4.69) is 32.8 Å². The van der Waals surface area contributed by atoms with Crippen molar-refractivity contribution < 1.29 is 14.2 Å². The molecule has 166 valence electrons. The average Bonchev–Trinajstić information content (AvgIpc) is 3.48. The molecule has 3 atom stereocenters. The SMILES string of the molecule is C1=CC2=C(CC1)C1CC(Oc3cccc(Oc4ccccn4)c3)=CC(Cn3ccnc3)C1O2. The molecule has 3 unspecified atom stereocenters. The molecule has 0 saturated carbocycles. The van der Waals surface area contributed by atoms with E-state index in [0.717, 1.165) is 43.1 Å². The van der Waals surface area contributed by atoms with E-state index in [1.165, 1.54) is 5.57 Å². The number of rotatable bonds is 6. The van der Waals surface area contributed by atoms with Gasteiger partial charge in [-0.1, -0.05) is 18.2 Å². The minimum absolute atomic E-state index is 0.131. The summed E-state index contributed by atoms with van der Waals surface area (Å²) in [6.07, 6.45) is 17.1. The lowest BCUT2D eigenvalue weighted by Gasteiger charge is -2.33. The Kier molecular flexibility index (Phi) is 5.19. The summed E-state index contributed by atoms with van der Waals surface area (Å²) < 4.78 is 20.9. The number of hydrogen-bond acceptors (Lipinski definition) is 5. The highest BCUT2D eigenvalue weighted by Gasteiger charge is 2.43. The van der Waals surface area contributed by atoms with Crippen molar-refractivity contribution in [3.8, 4) is 17.4 Å². The van der Waals surface area contributed by atoms with Crippen molar-refractivity contribution >= 4 is 0 Å². The Labute approximate surface area is 192 Å². The van der Waals surface area contributed by atoms with Gasteiger partial charge in [-0.25, -0.2) is 9.97 Å². The van der Waals surface area contributed by atoms with Crippen LogP contribution < -0.4 is 9.47 Å². The van der Waals surface area contributed by atoms with Gasteiger partial charge in [-0.3, -0.25) is 0 Å². The Morgan fingerprint density at radius 2 is 2.00 bits per heavy atom. The van der Waals surface area contributed by atoms with Crippen molar-refractivity contribution in [1.29, 1.82) is 0 Å². The van der Waals surface area contributed by atoms with Crippen LogP contribution in [-0.4, -0.2) is 20.6 Å². The highest BCUT2D eigenvalue weighted by molar-refractivity contribution is 5.38. The number of imidazole rings is 1. The summed E-state index contributed by atoms with van der Waals surface area (Å²) in [5.41, 5.74) is 1.43. The topological polar surface area (TPSA) is 58.4 Å². The lowest BCUT2D eigenvalue weighted by Crippen LogP contribution is -2.34. The van der Waals surface area contributed by atoms with Crippen molar-refractivity contribution in [2.24, 2.45) is 11.8 Å². The Morgan fingerprint density at radius 1 is 1.06 bits per heavy atom. The Bertz CT molecular complexity index is 1210. The van der Waals surface area contributed by atoms with Crippen LogP contribution in [0.3, 0.4) is 0 Å². The van der Waals surface area contributed by atoms with Gasteiger partial charge in [-0.2, -0.15) is 0 Å². The normalized spacial score (nSPS) is 23.4. The van der Waals surface area contributed by atoms with Gasteiger partial charge < -0.3 is 18.8 Å². The summed E-state index contributed by atoms with van der Waals surface area (Å²) in [6.45, 7) is 0.807. The second-order valence-corrected chi connectivity index (χ2v) is 8.63. The van der Waals surface area contributed by atoms with Crippen molar-refractivity contribution in [2.75, 3.05) is 0 Å². The Hall–Kier alpha value is -3.80. The fraction of sp³-hybridized carbons (Fsp3) is 0.259. The van der Waals surface area contributed by atoms with Gasteiger partial charge in [0.15, 0.2) is 0 Å². The van der Waals surface area contributed by atoms with Crippen molar-refractivity contribution in [1.82, 2.24) is 14.5 Å². The zero-order valence-corrected chi connectivity index (χ0v) is 18.2. The third-order valence-electron chi connectivity index (χ3n) is 6.41. The van der Waals surface area contributed by atoms with Gasteiger partial charge in [0.05, 0.1) is 6.33 Å². The maximum absolute atomic E-state index is 6.45. The quantitative estimate of drug-likeness (QED) is 0.495.